The van der Waals surface area contributed by atoms with Gasteiger partial charge in [-0.2, -0.15) is 0 Å². The molecule has 1 amide bonds. The van der Waals surface area contributed by atoms with Gasteiger partial charge in [0, 0.05) is 16.3 Å². The van der Waals surface area contributed by atoms with Crippen molar-refractivity contribution in [2.24, 2.45) is 0 Å². The van der Waals surface area contributed by atoms with Crippen molar-refractivity contribution in [2.45, 2.75) is 20.4 Å². The maximum atomic E-state index is 11.9. The van der Waals surface area contributed by atoms with E-state index in [1.54, 1.807) is 11.4 Å². The van der Waals surface area contributed by atoms with Gasteiger partial charge in [-0.1, -0.05) is 0 Å². The minimum absolute atomic E-state index is 0.212. The average Bonchev–Trinajstić information content (AvgIpc) is 3.02. The van der Waals surface area contributed by atoms with Crippen LogP contribution in [-0.4, -0.2) is 22.0 Å². The second kappa shape index (κ2) is 6.36. The maximum absolute atomic E-state index is 11.9. The normalized spacial score (nSPS) is 11.0. The number of aryl methyl sites for hydroxylation is 2. The van der Waals surface area contributed by atoms with E-state index in [1.165, 1.54) is 17.4 Å². The van der Waals surface area contributed by atoms with Gasteiger partial charge in [0.25, 0.3) is 5.91 Å². The van der Waals surface area contributed by atoms with Gasteiger partial charge in [0.15, 0.2) is 0 Å². The van der Waals surface area contributed by atoms with Crippen LogP contribution in [0.25, 0.3) is 6.08 Å². The standard InChI is InChI=1S/C14H14N2O4S/c1-8-9(2)20-12(16-8)6-15-14(19)10-5-11(21-7-10)3-4-13(17)18/h3-5,7H,6H2,1-2H3,(H,15,19)(H,17,18)/b4-3+. The second-order valence-electron chi connectivity index (χ2n) is 4.34. The number of aliphatic carboxylic acids is 1. The largest absolute Gasteiger partial charge is 0.478 e. The monoisotopic (exact) mass is 306 g/mol. The molecule has 110 valence electrons. The fraction of sp³-hybridized carbons (Fsp3) is 0.214. The number of carboxylic acids is 1. The zero-order valence-electron chi connectivity index (χ0n) is 11.5. The van der Waals surface area contributed by atoms with Crippen molar-refractivity contribution in [1.29, 1.82) is 0 Å². The summed E-state index contributed by atoms with van der Waals surface area (Å²) >= 11 is 1.30. The van der Waals surface area contributed by atoms with Gasteiger partial charge >= 0.3 is 5.97 Å². The molecule has 0 aliphatic rings. The molecule has 2 rings (SSSR count). The Balaban J connectivity index is 1.96. The Morgan fingerprint density at radius 2 is 2.24 bits per heavy atom. The van der Waals surface area contributed by atoms with E-state index < -0.39 is 5.97 Å². The summed E-state index contributed by atoms with van der Waals surface area (Å²) in [4.78, 5) is 27.2. The van der Waals surface area contributed by atoms with Crippen LogP contribution in [0.15, 0.2) is 21.9 Å². The van der Waals surface area contributed by atoms with Crippen LogP contribution in [0.2, 0.25) is 0 Å². The van der Waals surface area contributed by atoms with Crippen LogP contribution in [0.5, 0.6) is 0 Å². The van der Waals surface area contributed by atoms with Crippen LogP contribution in [0.3, 0.4) is 0 Å². The third-order valence-electron chi connectivity index (χ3n) is 2.75. The molecule has 6 nitrogen and oxygen atoms in total. The molecule has 0 aliphatic carbocycles. The molecule has 2 aromatic rings. The van der Waals surface area contributed by atoms with Crippen LogP contribution in [0, 0.1) is 13.8 Å². The fourth-order valence-electron chi connectivity index (χ4n) is 1.59. The highest BCUT2D eigenvalue weighted by Crippen LogP contribution is 2.16. The third kappa shape index (κ3) is 4.03. The van der Waals surface area contributed by atoms with Crippen molar-refractivity contribution in [3.05, 3.63) is 45.3 Å². The molecule has 0 unspecified atom stereocenters. The lowest BCUT2D eigenvalue weighted by Gasteiger charge is -1.99. The topological polar surface area (TPSA) is 92.4 Å². The Hall–Kier alpha value is -2.41. The molecule has 0 atom stereocenters. The first-order chi connectivity index (χ1) is 9.95. The molecule has 7 heteroatoms. The molecule has 2 aromatic heterocycles. The smallest absolute Gasteiger partial charge is 0.328 e. The van der Waals surface area contributed by atoms with E-state index in [9.17, 15) is 9.59 Å². The predicted octanol–water partition coefficient (Wildman–Crippen LogP) is 2.38. The number of aromatic nitrogens is 1. The highest BCUT2D eigenvalue weighted by molar-refractivity contribution is 7.11. The van der Waals surface area contributed by atoms with Crippen molar-refractivity contribution in [1.82, 2.24) is 10.3 Å². The Morgan fingerprint density at radius 1 is 1.48 bits per heavy atom. The SMILES string of the molecule is Cc1nc(CNC(=O)c2csc(/C=C/C(=O)O)c2)oc1C. The Morgan fingerprint density at radius 3 is 2.86 bits per heavy atom. The number of carbonyl (C=O) groups excluding carboxylic acids is 1. The van der Waals surface area contributed by atoms with Crippen molar-refractivity contribution in [3.63, 3.8) is 0 Å². The molecule has 0 saturated heterocycles. The predicted molar refractivity (Wildman–Crippen MR) is 78.1 cm³/mol. The Labute approximate surface area is 125 Å². The quantitative estimate of drug-likeness (QED) is 0.827. The second-order valence-corrected chi connectivity index (χ2v) is 5.28. The lowest BCUT2D eigenvalue weighted by Crippen LogP contribution is -2.22. The van der Waals surface area contributed by atoms with Crippen LogP contribution in [0.4, 0.5) is 0 Å². The van der Waals surface area contributed by atoms with Gasteiger partial charge in [-0.05, 0) is 26.0 Å². The number of hydrogen-bond acceptors (Lipinski definition) is 5. The summed E-state index contributed by atoms with van der Waals surface area (Å²) in [6, 6.07) is 1.63. The van der Waals surface area contributed by atoms with E-state index in [1.807, 2.05) is 13.8 Å². The number of rotatable bonds is 5. The molecule has 2 heterocycles. The van der Waals surface area contributed by atoms with Gasteiger partial charge in [0.2, 0.25) is 5.89 Å². The number of hydrogen-bond donors (Lipinski definition) is 2. The Kier molecular flexibility index (Phi) is 4.54. The molecule has 2 N–H and O–H groups in total. The first kappa shape index (κ1) is 15.0. The number of nitrogens with zero attached hydrogens (tertiary/aromatic N) is 1. The van der Waals surface area contributed by atoms with Gasteiger partial charge in [-0.3, -0.25) is 4.79 Å². The first-order valence-corrected chi connectivity index (χ1v) is 7.04. The highest BCUT2D eigenvalue weighted by Gasteiger charge is 2.10. The zero-order valence-corrected chi connectivity index (χ0v) is 12.4. The molecule has 0 bridgehead atoms. The number of thiophene rings is 1. The van der Waals surface area contributed by atoms with E-state index in [-0.39, 0.29) is 12.5 Å². The van der Waals surface area contributed by atoms with Gasteiger partial charge in [-0.25, -0.2) is 9.78 Å². The Bertz CT molecular complexity index is 680. The lowest BCUT2D eigenvalue weighted by molar-refractivity contribution is -0.131. The van der Waals surface area contributed by atoms with Crippen molar-refractivity contribution in [2.75, 3.05) is 0 Å². The van der Waals surface area contributed by atoms with Crippen LogP contribution in [0.1, 0.15) is 32.6 Å². The molecule has 0 radical (unpaired) electrons. The fourth-order valence-corrected chi connectivity index (χ4v) is 2.37. The minimum atomic E-state index is -1.02. The molecule has 0 aliphatic heterocycles. The summed E-state index contributed by atoms with van der Waals surface area (Å²) in [5.41, 5.74) is 1.28. The number of oxazole rings is 1. The molecule has 0 saturated carbocycles. The molecule has 0 spiro atoms. The summed E-state index contributed by atoms with van der Waals surface area (Å²) < 4.78 is 5.37. The summed E-state index contributed by atoms with van der Waals surface area (Å²) in [5, 5.41) is 12.9. The van der Waals surface area contributed by atoms with Crippen LogP contribution >= 0.6 is 11.3 Å². The van der Waals surface area contributed by atoms with Gasteiger partial charge in [-0.15, -0.1) is 11.3 Å². The van der Waals surface area contributed by atoms with Crippen molar-refractivity contribution in [3.8, 4) is 0 Å². The summed E-state index contributed by atoms with van der Waals surface area (Å²) in [6.45, 7) is 3.86. The first-order valence-electron chi connectivity index (χ1n) is 6.16. The number of carboxylic acid groups (broad SMARTS) is 1. The van der Waals surface area contributed by atoms with Gasteiger partial charge in [0.1, 0.15) is 5.76 Å². The van der Waals surface area contributed by atoms with E-state index in [0.29, 0.717) is 16.3 Å². The van der Waals surface area contributed by atoms with E-state index in [4.69, 9.17) is 9.52 Å². The van der Waals surface area contributed by atoms with E-state index in [0.717, 1.165) is 17.5 Å². The van der Waals surface area contributed by atoms with Crippen molar-refractivity contribution < 1.29 is 19.1 Å². The molecule has 0 aromatic carbocycles. The van der Waals surface area contributed by atoms with Crippen molar-refractivity contribution >= 4 is 29.3 Å². The average molecular weight is 306 g/mol. The number of carbonyl (C=O) groups is 2. The highest BCUT2D eigenvalue weighted by atomic mass is 32.1. The third-order valence-corrected chi connectivity index (χ3v) is 3.64. The molecule has 21 heavy (non-hydrogen) atoms. The van der Waals surface area contributed by atoms with Crippen LogP contribution < -0.4 is 5.32 Å². The summed E-state index contributed by atoms with van der Waals surface area (Å²) in [5.74, 6) is -0.0887. The summed E-state index contributed by atoms with van der Waals surface area (Å²) in [7, 11) is 0. The van der Waals surface area contributed by atoms with Gasteiger partial charge in [0.05, 0.1) is 17.8 Å². The number of nitrogens with one attached hydrogen (secondary N) is 1. The number of amides is 1. The lowest BCUT2D eigenvalue weighted by atomic mass is 10.3. The van der Waals surface area contributed by atoms with Crippen LogP contribution in [-0.2, 0) is 11.3 Å². The molecular formula is C14H14N2O4S. The van der Waals surface area contributed by atoms with Gasteiger partial charge < -0.3 is 14.8 Å². The maximum Gasteiger partial charge on any atom is 0.328 e. The molecule has 0 fully saturated rings. The minimum Gasteiger partial charge on any atom is -0.478 e. The van der Waals surface area contributed by atoms with E-state index >= 15 is 0 Å². The molecular weight excluding hydrogens is 292 g/mol. The summed E-state index contributed by atoms with van der Waals surface area (Å²) in [6.07, 6.45) is 2.48. The zero-order chi connectivity index (χ0) is 15.4. The van der Waals surface area contributed by atoms with E-state index in [2.05, 4.69) is 10.3 Å².